The van der Waals surface area contributed by atoms with Gasteiger partial charge < -0.3 is 9.68 Å². The summed E-state index contributed by atoms with van der Waals surface area (Å²) in [5, 5.41) is 1.06. The van der Waals surface area contributed by atoms with E-state index in [-0.39, 0.29) is 24.8 Å². The molecule has 0 aromatic heterocycles. The van der Waals surface area contributed by atoms with Crippen LogP contribution in [0.3, 0.4) is 0 Å². The highest BCUT2D eigenvalue weighted by molar-refractivity contribution is 5.69. The average molecular weight is 414 g/mol. The number of nitrogens with zero attached hydrogens (tertiary/aromatic N) is 1. The van der Waals surface area contributed by atoms with Gasteiger partial charge in [-0.2, -0.15) is 0 Å². The van der Waals surface area contributed by atoms with Crippen LogP contribution in [0.25, 0.3) is 0 Å². The molecule has 0 unspecified atom stereocenters. The molecule has 0 atom stereocenters. The minimum absolute atomic E-state index is 0.263. The minimum Gasteiger partial charge on any atom is -0.333 e. The number of rotatable bonds is 21. The molecule has 0 aromatic rings. The van der Waals surface area contributed by atoms with Gasteiger partial charge in [0.25, 0.3) is 0 Å². The molecule has 0 saturated heterocycles. The predicted octanol–water partition coefficient (Wildman–Crippen LogP) is 7.29. The van der Waals surface area contributed by atoms with Gasteiger partial charge in [0, 0.05) is 18.1 Å². The molecule has 0 rings (SSSR count). The fourth-order valence-electron chi connectivity index (χ4n) is 3.26. The van der Waals surface area contributed by atoms with Crippen LogP contribution < -0.4 is 0 Å². The molecule has 0 heterocycles. The van der Waals surface area contributed by atoms with Gasteiger partial charge in [-0.15, -0.1) is 0 Å². The topological polar surface area (TPSA) is 55.8 Å². The molecule has 0 radical (unpaired) electrons. The van der Waals surface area contributed by atoms with Gasteiger partial charge in [-0.25, -0.2) is 0 Å². The standard InChI is InChI=1S/C24H47NO4/c1-4-7-8-9-10-11-12-13-14-15-16-17-18-19-20-21-22-25(28-23(26)5-2)29-24(27)6-3/h4-22H2,1-3H3. The van der Waals surface area contributed by atoms with E-state index in [1.54, 1.807) is 13.8 Å². The Morgan fingerprint density at radius 1 is 0.517 bits per heavy atom. The third-order valence-electron chi connectivity index (χ3n) is 5.18. The van der Waals surface area contributed by atoms with E-state index in [9.17, 15) is 9.59 Å². The Hall–Kier alpha value is -1.10. The number of hydroxylamine groups is 2. The van der Waals surface area contributed by atoms with Gasteiger partial charge in [-0.3, -0.25) is 9.59 Å². The smallest absolute Gasteiger partial charge is 0.328 e. The Morgan fingerprint density at radius 2 is 0.828 bits per heavy atom. The Bertz CT molecular complexity index is 369. The molecule has 0 bridgehead atoms. The largest absolute Gasteiger partial charge is 0.333 e. The van der Waals surface area contributed by atoms with Crippen molar-refractivity contribution in [2.24, 2.45) is 0 Å². The summed E-state index contributed by atoms with van der Waals surface area (Å²) in [7, 11) is 0. The summed E-state index contributed by atoms with van der Waals surface area (Å²) < 4.78 is 0. The van der Waals surface area contributed by atoms with Gasteiger partial charge in [0.15, 0.2) is 0 Å². The van der Waals surface area contributed by atoms with Gasteiger partial charge in [-0.05, 0) is 6.42 Å². The number of hydrogen-bond acceptors (Lipinski definition) is 5. The molecule has 0 amide bonds. The highest BCUT2D eigenvalue weighted by atomic mass is 17.0. The van der Waals surface area contributed by atoms with Gasteiger partial charge in [0.1, 0.15) is 0 Å². The van der Waals surface area contributed by atoms with Crippen LogP contribution in [0.1, 0.15) is 136 Å². The van der Waals surface area contributed by atoms with Crippen LogP contribution in [-0.4, -0.2) is 23.7 Å². The Morgan fingerprint density at radius 3 is 1.14 bits per heavy atom. The normalized spacial score (nSPS) is 11.0. The van der Waals surface area contributed by atoms with Gasteiger partial charge >= 0.3 is 11.9 Å². The SMILES string of the molecule is CCCCCCCCCCCCCCCCCCN(OC(=O)CC)OC(=O)CC. The predicted molar refractivity (Wildman–Crippen MR) is 119 cm³/mol. The van der Waals surface area contributed by atoms with Crippen LogP contribution >= 0.6 is 0 Å². The third kappa shape index (κ3) is 20.0. The Balaban J connectivity index is 3.47. The zero-order chi connectivity index (χ0) is 21.6. The minimum atomic E-state index is -0.384. The first-order valence-electron chi connectivity index (χ1n) is 12.3. The molecular formula is C24H47NO4. The quantitative estimate of drug-likeness (QED) is 0.146. The second-order valence-electron chi connectivity index (χ2n) is 7.99. The maximum absolute atomic E-state index is 11.4. The van der Waals surface area contributed by atoms with Gasteiger partial charge in [-0.1, -0.05) is 117 Å². The average Bonchev–Trinajstić information content (AvgIpc) is 2.72. The number of carbonyl (C=O) groups excluding carboxylic acids is 2. The van der Waals surface area contributed by atoms with Crippen LogP contribution in [-0.2, 0) is 19.3 Å². The van der Waals surface area contributed by atoms with Crippen molar-refractivity contribution in [1.82, 2.24) is 5.23 Å². The Labute approximate surface area is 179 Å². The van der Waals surface area contributed by atoms with E-state index in [4.69, 9.17) is 9.68 Å². The molecule has 5 nitrogen and oxygen atoms in total. The first-order valence-corrected chi connectivity index (χ1v) is 12.3. The van der Waals surface area contributed by atoms with Crippen LogP contribution in [0.4, 0.5) is 0 Å². The van der Waals surface area contributed by atoms with Crippen molar-refractivity contribution >= 4 is 11.9 Å². The summed E-state index contributed by atoms with van der Waals surface area (Å²) in [4.78, 5) is 32.9. The highest BCUT2D eigenvalue weighted by Crippen LogP contribution is 2.14. The zero-order valence-corrected chi connectivity index (χ0v) is 19.5. The van der Waals surface area contributed by atoms with Gasteiger partial charge in [0.2, 0.25) is 0 Å². The maximum atomic E-state index is 11.4. The summed E-state index contributed by atoms with van der Waals surface area (Å²) in [5.74, 6) is -0.768. The molecule has 0 saturated carbocycles. The zero-order valence-electron chi connectivity index (χ0n) is 19.5. The van der Waals surface area contributed by atoms with E-state index in [0.29, 0.717) is 6.54 Å². The van der Waals surface area contributed by atoms with Crippen molar-refractivity contribution in [3.8, 4) is 0 Å². The summed E-state index contributed by atoms with van der Waals surface area (Å²) in [6, 6.07) is 0. The fraction of sp³-hybridized carbons (Fsp3) is 0.917. The second kappa shape index (κ2) is 21.6. The lowest BCUT2D eigenvalue weighted by Gasteiger charge is -2.18. The molecule has 0 aromatic carbocycles. The Kier molecular flexibility index (Phi) is 20.8. The van der Waals surface area contributed by atoms with Gasteiger partial charge in [0.05, 0.1) is 6.54 Å². The summed E-state index contributed by atoms with van der Waals surface area (Å²) in [5.41, 5.74) is 0. The first-order chi connectivity index (χ1) is 14.1. The monoisotopic (exact) mass is 413 g/mol. The van der Waals surface area contributed by atoms with Crippen molar-refractivity contribution in [3.63, 3.8) is 0 Å². The van der Waals surface area contributed by atoms with E-state index in [1.165, 1.54) is 89.9 Å². The molecule has 172 valence electrons. The second-order valence-corrected chi connectivity index (χ2v) is 7.99. The molecule has 0 aliphatic carbocycles. The molecule has 29 heavy (non-hydrogen) atoms. The molecular weight excluding hydrogens is 366 g/mol. The summed E-state index contributed by atoms with van der Waals surface area (Å²) >= 11 is 0. The fourth-order valence-corrected chi connectivity index (χ4v) is 3.26. The van der Waals surface area contributed by atoms with Crippen LogP contribution in [0.5, 0.6) is 0 Å². The van der Waals surface area contributed by atoms with Crippen molar-refractivity contribution < 1.29 is 19.3 Å². The summed E-state index contributed by atoms with van der Waals surface area (Å²) in [6.45, 7) is 6.15. The highest BCUT2D eigenvalue weighted by Gasteiger charge is 2.14. The van der Waals surface area contributed by atoms with Crippen LogP contribution in [0.2, 0.25) is 0 Å². The number of unbranched alkanes of at least 4 members (excludes halogenated alkanes) is 15. The summed E-state index contributed by atoms with van der Waals surface area (Å²) in [6.07, 6.45) is 21.5. The van der Waals surface area contributed by atoms with Crippen LogP contribution in [0.15, 0.2) is 0 Å². The van der Waals surface area contributed by atoms with Crippen molar-refractivity contribution in [3.05, 3.63) is 0 Å². The molecule has 0 fully saturated rings. The van der Waals surface area contributed by atoms with Crippen molar-refractivity contribution in [1.29, 1.82) is 0 Å². The molecule has 0 aliphatic rings. The van der Waals surface area contributed by atoms with E-state index < -0.39 is 0 Å². The molecule has 0 spiro atoms. The van der Waals surface area contributed by atoms with E-state index in [1.807, 2.05) is 0 Å². The van der Waals surface area contributed by atoms with Crippen LogP contribution in [0, 0.1) is 0 Å². The molecule has 0 N–H and O–H groups in total. The number of carbonyl (C=O) groups is 2. The lowest BCUT2D eigenvalue weighted by Crippen LogP contribution is -2.31. The van der Waals surface area contributed by atoms with E-state index in [2.05, 4.69) is 6.92 Å². The maximum Gasteiger partial charge on any atom is 0.328 e. The molecule has 0 aliphatic heterocycles. The molecule has 5 heteroatoms. The van der Waals surface area contributed by atoms with Crippen molar-refractivity contribution in [2.75, 3.05) is 6.54 Å². The first kappa shape index (κ1) is 27.9. The van der Waals surface area contributed by atoms with E-state index in [0.717, 1.165) is 18.1 Å². The van der Waals surface area contributed by atoms with E-state index >= 15 is 0 Å². The lowest BCUT2D eigenvalue weighted by molar-refractivity contribution is -0.325. The third-order valence-corrected chi connectivity index (χ3v) is 5.18. The van der Waals surface area contributed by atoms with Crippen molar-refractivity contribution in [2.45, 2.75) is 136 Å². The number of hydrogen-bond donors (Lipinski definition) is 0. The lowest BCUT2D eigenvalue weighted by atomic mass is 10.0.